The number of nitrogens with one attached hydrogen (secondary N) is 1. The smallest absolute Gasteiger partial charge is 0.258 e. The van der Waals surface area contributed by atoms with E-state index < -0.39 is 0 Å². The number of amides is 1. The minimum absolute atomic E-state index is 0.151. The van der Waals surface area contributed by atoms with Crippen molar-refractivity contribution in [3.05, 3.63) is 42.4 Å². The van der Waals surface area contributed by atoms with Crippen molar-refractivity contribution in [2.45, 2.75) is 13.0 Å². The van der Waals surface area contributed by atoms with Crippen LogP contribution < -0.4 is 19.5 Å². The van der Waals surface area contributed by atoms with Crippen LogP contribution in [0.3, 0.4) is 0 Å². The molecule has 0 spiro atoms. The van der Waals surface area contributed by atoms with E-state index >= 15 is 0 Å². The van der Waals surface area contributed by atoms with Crippen LogP contribution in [0.5, 0.6) is 17.2 Å². The van der Waals surface area contributed by atoms with Crippen LogP contribution in [0.4, 0.5) is 0 Å². The number of furan rings is 1. The number of ether oxygens (including phenoxy) is 3. The summed E-state index contributed by atoms with van der Waals surface area (Å²) in [7, 11) is 3.06. The van der Waals surface area contributed by atoms with Crippen molar-refractivity contribution in [3.8, 4) is 17.2 Å². The molecule has 0 saturated carbocycles. The Balaban J connectivity index is 1.96. The van der Waals surface area contributed by atoms with Crippen molar-refractivity contribution in [1.29, 1.82) is 0 Å². The van der Waals surface area contributed by atoms with Crippen molar-refractivity contribution >= 4 is 5.91 Å². The van der Waals surface area contributed by atoms with E-state index in [2.05, 4.69) is 5.32 Å². The fourth-order valence-electron chi connectivity index (χ4n) is 1.99. The van der Waals surface area contributed by atoms with E-state index in [0.717, 1.165) is 0 Å². The van der Waals surface area contributed by atoms with E-state index in [0.29, 0.717) is 23.0 Å². The molecule has 1 unspecified atom stereocenters. The Morgan fingerprint density at radius 2 is 1.86 bits per heavy atom. The number of methoxy groups -OCH3 is 2. The van der Waals surface area contributed by atoms with Crippen molar-refractivity contribution in [1.82, 2.24) is 5.32 Å². The van der Waals surface area contributed by atoms with Gasteiger partial charge in [-0.25, -0.2) is 0 Å². The minimum Gasteiger partial charge on any atom is -0.493 e. The third-order valence-corrected chi connectivity index (χ3v) is 3.08. The van der Waals surface area contributed by atoms with Gasteiger partial charge in [-0.3, -0.25) is 4.79 Å². The summed E-state index contributed by atoms with van der Waals surface area (Å²) in [6, 6.07) is 8.60. The maximum Gasteiger partial charge on any atom is 0.258 e. The zero-order valence-electron chi connectivity index (χ0n) is 12.8. The quantitative estimate of drug-likeness (QED) is 0.851. The van der Waals surface area contributed by atoms with E-state index in [1.807, 2.05) is 6.92 Å². The van der Waals surface area contributed by atoms with Gasteiger partial charge in [-0.05, 0) is 31.2 Å². The lowest BCUT2D eigenvalue weighted by Crippen LogP contribution is -2.31. The van der Waals surface area contributed by atoms with Gasteiger partial charge >= 0.3 is 0 Å². The van der Waals surface area contributed by atoms with E-state index in [-0.39, 0.29) is 18.6 Å². The first-order valence-corrected chi connectivity index (χ1v) is 6.82. The summed E-state index contributed by atoms with van der Waals surface area (Å²) in [6.45, 7) is 1.68. The number of hydrogen-bond acceptors (Lipinski definition) is 5. The highest BCUT2D eigenvalue weighted by atomic mass is 16.5. The van der Waals surface area contributed by atoms with E-state index in [1.165, 1.54) is 14.2 Å². The van der Waals surface area contributed by atoms with Gasteiger partial charge in [-0.15, -0.1) is 0 Å². The molecule has 22 heavy (non-hydrogen) atoms. The predicted octanol–water partition coefficient (Wildman–Crippen LogP) is 2.55. The standard InChI is InChI=1S/C16H19NO5/c1-11(12-8-5-9-21-12)17-15(18)10-22-16-13(19-2)6-4-7-14(16)20-3/h4-9,11H,10H2,1-3H3,(H,17,18). The van der Waals surface area contributed by atoms with Crippen LogP contribution in [0.15, 0.2) is 41.0 Å². The predicted molar refractivity (Wildman–Crippen MR) is 80.3 cm³/mol. The van der Waals surface area contributed by atoms with Gasteiger partial charge in [-0.2, -0.15) is 0 Å². The molecule has 1 heterocycles. The summed E-state index contributed by atoms with van der Waals surface area (Å²) in [5, 5.41) is 2.79. The van der Waals surface area contributed by atoms with Crippen molar-refractivity contribution in [3.63, 3.8) is 0 Å². The molecule has 1 amide bonds. The largest absolute Gasteiger partial charge is 0.493 e. The molecule has 1 atom stereocenters. The summed E-state index contributed by atoms with van der Waals surface area (Å²) < 4.78 is 21.2. The molecule has 0 aliphatic rings. The number of benzene rings is 1. The summed E-state index contributed by atoms with van der Waals surface area (Å²) in [4.78, 5) is 12.0. The highest BCUT2D eigenvalue weighted by Gasteiger charge is 2.15. The van der Waals surface area contributed by atoms with Gasteiger partial charge in [0.15, 0.2) is 18.1 Å². The summed E-state index contributed by atoms with van der Waals surface area (Å²) in [5.74, 6) is 1.82. The average Bonchev–Trinajstić information content (AvgIpc) is 3.07. The SMILES string of the molecule is COc1cccc(OC)c1OCC(=O)NC(C)c1ccco1. The lowest BCUT2D eigenvalue weighted by atomic mass is 10.2. The minimum atomic E-state index is -0.267. The zero-order chi connectivity index (χ0) is 15.9. The molecule has 6 nitrogen and oxygen atoms in total. The van der Waals surface area contributed by atoms with Gasteiger partial charge < -0.3 is 23.9 Å². The van der Waals surface area contributed by atoms with Gasteiger partial charge in [-0.1, -0.05) is 6.07 Å². The van der Waals surface area contributed by atoms with Crippen molar-refractivity contribution in [2.75, 3.05) is 20.8 Å². The molecule has 1 aromatic carbocycles. The first-order chi connectivity index (χ1) is 10.7. The van der Waals surface area contributed by atoms with Crippen LogP contribution in [0.1, 0.15) is 18.7 Å². The molecule has 2 rings (SSSR count). The zero-order valence-corrected chi connectivity index (χ0v) is 12.8. The van der Waals surface area contributed by atoms with Crippen molar-refractivity contribution in [2.24, 2.45) is 0 Å². The van der Waals surface area contributed by atoms with Crippen LogP contribution in [0.25, 0.3) is 0 Å². The van der Waals surface area contributed by atoms with Crippen LogP contribution >= 0.6 is 0 Å². The molecular weight excluding hydrogens is 286 g/mol. The fourth-order valence-corrected chi connectivity index (χ4v) is 1.99. The lowest BCUT2D eigenvalue weighted by Gasteiger charge is -2.15. The number of hydrogen-bond donors (Lipinski definition) is 1. The molecule has 6 heteroatoms. The fraction of sp³-hybridized carbons (Fsp3) is 0.312. The number of rotatable bonds is 7. The van der Waals surface area contributed by atoms with Crippen LogP contribution in [-0.2, 0) is 4.79 Å². The molecule has 2 aromatic rings. The Morgan fingerprint density at radius 1 is 1.18 bits per heavy atom. The van der Waals surface area contributed by atoms with E-state index in [1.54, 1.807) is 36.6 Å². The van der Waals surface area contributed by atoms with Crippen LogP contribution in [0.2, 0.25) is 0 Å². The van der Waals surface area contributed by atoms with Gasteiger partial charge in [0.1, 0.15) is 5.76 Å². The Morgan fingerprint density at radius 3 is 2.41 bits per heavy atom. The average molecular weight is 305 g/mol. The van der Waals surface area contributed by atoms with Crippen molar-refractivity contribution < 1.29 is 23.4 Å². The second kappa shape index (κ2) is 7.40. The molecule has 0 radical (unpaired) electrons. The van der Waals surface area contributed by atoms with Gasteiger partial charge in [0.25, 0.3) is 5.91 Å². The highest BCUT2D eigenvalue weighted by Crippen LogP contribution is 2.36. The molecular formula is C16H19NO5. The first kappa shape index (κ1) is 15.8. The Bertz CT molecular complexity index is 587. The summed E-state index contributed by atoms with van der Waals surface area (Å²) in [6.07, 6.45) is 1.56. The number of carbonyl (C=O) groups is 1. The van der Waals surface area contributed by atoms with E-state index in [4.69, 9.17) is 18.6 Å². The molecule has 0 saturated heterocycles. The highest BCUT2D eigenvalue weighted by molar-refractivity contribution is 5.78. The normalized spacial score (nSPS) is 11.6. The van der Waals surface area contributed by atoms with Gasteiger partial charge in [0.2, 0.25) is 5.75 Å². The third-order valence-electron chi connectivity index (χ3n) is 3.08. The number of para-hydroxylation sites is 1. The maximum absolute atomic E-state index is 12.0. The van der Waals surface area contributed by atoms with E-state index in [9.17, 15) is 4.79 Å². The Labute approximate surface area is 129 Å². The lowest BCUT2D eigenvalue weighted by molar-refractivity contribution is -0.123. The first-order valence-electron chi connectivity index (χ1n) is 6.82. The summed E-state index contributed by atoms with van der Waals surface area (Å²) in [5.41, 5.74) is 0. The Hall–Kier alpha value is -2.63. The third kappa shape index (κ3) is 3.72. The van der Waals surface area contributed by atoms with Gasteiger partial charge in [0.05, 0.1) is 26.5 Å². The molecule has 0 bridgehead atoms. The Kier molecular flexibility index (Phi) is 5.30. The topological polar surface area (TPSA) is 69.9 Å². The second-order valence-corrected chi connectivity index (χ2v) is 4.58. The maximum atomic E-state index is 12.0. The monoisotopic (exact) mass is 305 g/mol. The number of carbonyl (C=O) groups excluding carboxylic acids is 1. The molecule has 1 aromatic heterocycles. The molecule has 118 valence electrons. The molecule has 0 aliphatic heterocycles. The summed E-state index contributed by atoms with van der Waals surface area (Å²) >= 11 is 0. The molecule has 0 fully saturated rings. The van der Waals surface area contributed by atoms with Crippen LogP contribution in [-0.4, -0.2) is 26.7 Å². The second-order valence-electron chi connectivity index (χ2n) is 4.58. The molecule has 0 aliphatic carbocycles. The van der Waals surface area contributed by atoms with Crippen LogP contribution in [0, 0.1) is 0 Å². The van der Waals surface area contributed by atoms with Gasteiger partial charge in [0, 0.05) is 0 Å². The molecule has 1 N–H and O–H groups in total.